The van der Waals surface area contributed by atoms with Gasteiger partial charge in [0.15, 0.2) is 5.82 Å². The molecule has 19 heavy (non-hydrogen) atoms. The zero-order chi connectivity index (χ0) is 13.8. The molecule has 5 heteroatoms. The van der Waals surface area contributed by atoms with Crippen molar-refractivity contribution in [2.45, 2.75) is 20.0 Å². The molecule has 0 amide bonds. The van der Waals surface area contributed by atoms with Crippen LogP contribution in [0.1, 0.15) is 18.1 Å². The molecule has 0 bridgehead atoms. The zero-order valence-electron chi connectivity index (χ0n) is 10.8. The lowest BCUT2D eigenvalue weighted by Gasteiger charge is -2.07. The molecule has 0 aliphatic carbocycles. The fraction of sp³-hybridized carbons (Fsp3) is 0.286. The lowest BCUT2D eigenvalue weighted by Crippen LogP contribution is -1.97. The van der Waals surface area contributed by atoms with Gasteiger partial charge in [0.25, 0.3) is 0 Å². The molecule has 0 saturated carbocycles. The largest absolute Gasteiger partial charge is 0.380 e. The van der Waals surface area contributed by atoms with Gasteiger partial charge in [-0.3, -0.25) is 0 Å². The van der Waals surface area contributed by atoms with Crippen molar-refractivity contribution in [2.75, 3.05) is 7.11 Å². The van der Waals surface area contributed by atoms with Crippen molar-refractivity contribution in [3.05, 3.63) is 45.7 Å². The second kappa shape index (κ2) is 6.33. The molecule has 0 radical (unpaired) electrons. The minimum absolute atomic E-state index is 0.412. The van der Waals surface area contributed by atoms with Crippen LogP contribution in [0, 0.1) is 0 Å². The van der Waals surface area contributed by atoms with E-state index in [1.807, 2.05) is 31.2 Å². The van der Waals surface area contributed by atoms with Gasteiger partial charge in [0.2, 0.25) is 0 Å². The molecular weight excluding hydrogens is 283 g/mol. The lowest BCUT2D eigenvalue weighted by molar-refractivity contribution is 0.185. The van der Waals surface area contributed by atoms with Crippen molar-refractivity contribution < 1.29 is 4.74 Å². The van der Waals surface area contributed by atoms with Crippen LogP contribution in [0.5, 0.6) is 0 Å². The molecule has 1 heterocycles. The third-order valence-electron chi connectivity index (χ3n) is 2.76. The van der Waals surface area contributed by atoms with Crippen molar-refractivity contribution >= 4 is 23.2 Å². The Kier molecular flexibility index (Phi) is 4.75. The smallest absolute Gasteiger partial charge is 0.162 e. The van der Waals surface area contributed by atoms with Crippen molar-refractivity contribution in [1.82, 2.24) is 9.97 Å². The summed E-state index contributed by atoms with van der Waals surface area (Å²) >= 11 is 12.3. The van der Waals surface area contributed by atoms with E-state index in [0.717, 1.165) is 16.7 Å². The standard InChI is InChI=1S/C14H14Cl2N2O/c1-3-11-12(15)17-14(18-13(11)16)10-6-4-5-9(7-10)8-19-2/h4-7H,3,8H2,1-2H3. The topological polar surface area (TPSA) is 35.0 Å². The van der Waals surface area contributed by atoms with E-state index >= 15 is 0 Å². The molecule has 0 fully saturated rings. The third kappa shape index (κ3) is 3.24. The van der Waals surface area contributed by atoms with Crippen LogP contribution in [0.2, 0.25) is 10.3 Å². The Balaban J connectivity index is 2.44. The van der Waals surface area contributed by atoms with E-state index in [0.29, 0.717) is 29.2 Å². The molecule has 0 aliphatic rings. The Bertz CT molecular complexity index is 564. The second-order valence-corrected chi connectivity index (χ2v) is 4.81. The fourth-order valence-corrected chi connectivity index (χ4v) is 2.47. The van der Waals surface area contributed by atoms with Crippen molar-refractivity contribution in [3.8, 4) is 11.4 Å². The second-order valence-electron chi connectivity index (χ2n) is 4.09. The van der Waals surface area contributed by atoms with Gasteiger partial charge in [0, 0.05) is 18.2 Å². The fourth-order valence-electron chi connectivity index (χ4n) is 1.82. The first kappa shape index (κ1) is 14.3. The lowest BCUT2D eigenvalue weighted by atomic mass is 10.1. The van der Waals surface area contributed by atoms with E-state index in [2.05, 4.69) is 9.97 Å². The first-order valence-corrected chi connectivity index (χ1v) is 6.71. The van der Waals surface area contributed by atoms with E-state index < -0.39 is 0 Å². The monoisotopic (exact) mass is 296 g/mol. The van der Waals surface area contributed by atoms with Gasteiger partial charge in [-0.1, -0.05) is 48.3 Å². The molecular formula is C14H14Cl2N2O. The van der Waals surface area contributed by atoms with Gasteiger partial charge in [0.1, 0.15) is 10.3 Å². The zero-order valence-corrected chi connectivity index (χ0v) is 12.3. The van der Waals surface area contributed by atoms with Crippen LogP contribution in [0.3, 0.4) is 0 Å². The van der Waals surface area contributed by atoms with E-state index in [1.54, 1.807) is 7.11 Å². The predicted octanol–water partition coefficient (Wildman–Crippen LogP) is 4.16. The maximum atomic E-state index is 6.13. The number of hydrogen-bond acceptors (Lipinski definition) is 3. The van der Waals surface area contributed by atoms with Gasteiger partial charge in [-0.05, 0) is 18.1 Å². The van der Waals surface area contributed by atoms with E-state index in [1.165, 1.54) is 0 Å². The molecule has 100 valence electrons. The molecule has 0 saturated heterocycles. The van der Waals surface area contributed by atoms with Crippen LogP contribution < -0.4 is 0 Å². The quantitative estimate of drug-likeness (QED) is 0.795. The number of ether oxygens (including phenoxy) is 1. The van der Waals surface area contributed by atoms with Gasteiger partial charge >= 0.3 is 0 Å². The van der Waals surface area contributed by atoms with Gasteiger partial charge in [-0.2, -0.15) is 0 Å². The number of methoxy groups -OCH3 is 1. The Hall–Kier alpha value is -1.16. The van der Waals surface area contributed by atoms with Gasteiger partial charge in [-0.15, -0.1) is 0 Å². The number of halogens is 2. The first-order chi connectivity index (χ1) is 9.15. The highest BCUT2D eigenvalue weighted by molar-refractivity contribution is 6.34. The molecule has 3 nitrogen and oxygen atoms in total. The van der Waals surface area contributed by atoms with Gasteiger partial charge < -0.3 is 4.74 Å². The Morgan fingerprint density at radius 2 is 1.84 bits per heavy atom. The highest BCUT2D eigenvalue weighted by Gasteiger charge is 2.11. The van der Waals surface area contributed by atoms with Crippen molar-refractivity contribution in [2.24, 2.45) is 0 Å². The number of aromatic nitrogens is 2. The molecule has 0 aliphatic heterocycles. The summed E-state index contributed by atoms with van der Waals surface area (Å²) in [6, 6.07) is 7.81. The average molecular weight is 297 g/mol. The number of benzene rings is 1. The summed E-state index contributed by atoms with van der Waals surface area (Å²) in [4.78, 5) is 8.61. The van der Waals surface area contributed by atoms with E-state index in [9.17, 15) is 0 Å². The predicted molar refractivity (Wildman–Crippen MR) is 77.6 cm³/mol. The molecule has 1 aromatic heterocycles. The summed E-state index contributed by atoms with van der Waals surface area (Å²) in [6.45, 7) is 2.51. The maximum Gasteiger partial charge on any atom is 0.162 e. The average Bonchev–Trinajstić information content (AvgIpc) is 2.39. The normalized spacial score (nSPS) is 10.7. The number of hydrogen-bond donors (Lipinski definition) is 0. The molecule has 0 atom stereocenters. The van der Waals surface area contributed by atoms with Gasteiger partial charge in [-0.25, -0.2) is 9.97 Å². The van der Waals surface area contributed by atoms with Crippen LogP contribution in [-0.4, -0.2) is 17.1 Å². The highest BCUT2D eigenvalue weighted by atomic mass is 35.5. The minimum Gasteiger partial charge on any atom is -0.380 e. The number of nitrogens with zero attached hydrogens (tertiary/aromatic N) is 2. The summed E-state index contributed by atoms with van der Waals surface area (Å²) in [5.74, 6) is 0.533. The van der Waals surface area contributed by atoms with Crippen molar-refractivity contribution in [1.29, 1.82) is 0 Å². The van der Waals surface area contributed by atoms with Crippen LogP contribution >= 0.6 is 23.2 Å². The molecule has 1 aromatic carbocycles. The Morgan fingerprint density at radius 3 is 2.42 bits per heavy atom. The summed E-state index contributed by atoms with van der Waals surface area (Å²) in [5, 5.41) is 0.823. The maximum absolute atomic E-state index is 6.13. The first-order valence-electron chi connectivity index (χ1n) is 5.95. The summed E-state index contributed by atoms with van der Waals surface area (Å²) in [5.41, 5.74) is 2.71. The molecule has 0 unspecified atom stereocenters. The summed E-state index contributed by atoms with van der Waals surface area (Å²) in [6.07, 6.45) is 0.710. The summed E-state index contributed by atoms with van der Waals surface area (Å²) in [7, 11) is 1.66. The Morgan fingerprint density at radius 1 is 1.16 bits per heavy atom. The van der Waals surface area contributed by atoms with Crippen LogP contribution in [0.15, 0.2) is 24.3 Å². The Labute approximate surface area is 122 Å². The molecule has 2 rings (SSSR count). The SMILES string of the molecule is CCc1c(Cl)nc(-c2cccc(COC)c2)nc1Cl. The molecule has 2 aromatic rings. The van der Waals surface area contributed by atoms with E-state index in [4.69, 9.17) is 27.9 Å². The van der Waals surface area contributed by atoms with Gasteiger partial charge in [0.05, 0.1) is 6.61 Å². The van der Waals surface area contributed by atoms with E-state index in [-0.39, 0.29) is 0 Å². The summed E-state index contributed by atoms with van der Waals surface area (Å²) < 4.78 is 5.11. The van der Waals surface area contributed by atoms with Crippen molar-refractivity contribution in [3.63, 3.8) is 0 Å². The highest BCUT2D eigenvalue weighted by Crippen LogP contribution is 2.26. The van der Waals surface area contributed by atoms with Crippen LogP contribution in [0.25, 0.3) is 11.4 Å². The molecule has 0 spiro atoms. The number of rotatable bonds is 4. The minimum atomic E-state index is 0.412. The molecule has 0 N–H and O–H groups in total. The van der Waals surface area contributed by atoms with Crippen LogP contribution in [0.4, 0.5) is 0 Å². The van der Waals surface area contributed by atoms with Crippen LogP contribution in [-0.2, 0) is 17.8 Å². The third-order valence-corrected chi connectivity index (χ3v) is 3.38.